The van der Waals surface area contributed by atoms with Gasteiger partial charge in [-0.25, -0.2) is 9.59 Å². The number of aliphatic carboxylic acids is 3. The summed E-state index contributed by atoms with van der Waals surface area (Å²) in [6.07, 6.45) is 16.6. The Morgan fingerprint density at radius 1 is 0.397 bits per heavy atom. The average Bonchev–Trinajstić information content (AvgIpc) is 3.23. The number of ether oxygens (including phenoxy) is 4. The molecule has 5 amide bonds. The van der Waals surface area contributed by atoms with Gasteiger partial charge in [-0.3, -0.25) is 28.8 Å². The highest BCUT2D eigenvalue weighted by Crippen LogP contribution is 2.14. The van der Waals surface area contributed by atoms with E-state index in [0.717, 1.165) is 44.9 Å². The van der Waals surface area contributed by atoms with Gasteiger partial charge in [-0.1, -0.05) is 77.0 Å². The summed E-state index contributed by atoms with van der Waals surface area (Å²) in [7, 11) is 0. The molecule has 0 saturated heterocycles. The maximum Gasteiger partial charge on any atom is 0.326 e. The van der Waals surface area contributed by atoms with Crippen molar-refractivity contribution in [1.29, 1.82) is 0 Å². The molecule has 0 radical (unpaired) electrons. The zero-order valence-electron chi connectivity index (χ0n) is 37.5. The maximum absolute atomic E-state index is 12.3. The summed E-state index contributed by atoms with van der Waals surface area (Å²) >= 11 is 0. The minimum atomic E-state index is -1.20. The lowest BCUT2D eigenvalue weighted by atomic mass is 10.0. The van der Waals surface area contributed by atoms with E-state index in [1.54, 1.807) is 0 Å². The number of amides is 5. The van der Waals surface area contributed by atoms with Gasteiger partial charge < -0.3 is 60.9 Å². The van der Waals surface area contributed by atoms with E-state index in [4.69, 9.17) is 24.1 Å². The largest absolute Gasteiger partial charge is 0.481 e. The lowest BCUT2D eigenvalue weighted by Crippen LogP contribution is -2.42. The standard InChI is InChI=1S/C43H77N5O15/c1-34(49)44-23-17-16-18-35(42(56)57)48-40(53)33-63-31-29-61-27-25-46-39(52)32-62-30-28-60-26-24-45-37(50)22-21-36(43(58)59)47-38(51)19-14-12-10-8-6-4-2-3-5-7-9-11-13-15-20-41(54)55/h35-36H,2-33H2,1H3,(H,44,49)(H,45,50)(H,46,52)(H,47,51)(H,48,53)(H,54,55)(H,56,57)(H,58,59)/t35-,36-/m0/s1. The van der Waals surface area contributed by atoms with Gasteiger partial charge in [0.25, 0.3) is 0 Å². The van der Waals surface area contributed by atoms with Gasteiger partial charge in [-0.2, -0.15) is 0 Å². The Morgan fingerprint density at radius 2 is 0.825 bits per heavy atom. The van der Waals surface area contributed by atoms with Crippen LogP contribution in [-0.2, 0) is 57.3 Å². The van der Waals surface area contributed by atoms with Crippen molar-refractivity contribution in [2.45, 2.75) is 154 Å². The number of carbonyl (C=O) groups excluding carboxylic acids is 5. The third-order valence-corrected chi connectivity index (χ3v) is 9.61. The number of carboxylic acid groups (broad SMARTS) is 3. The highest BCUT2D eigenvalue weighted by atomic mass is 16.5. The first kappa shape index (κ1) is 58.6. The molecular weight excluding hydrogens is 826 g/mol. The monoisotopic (exact) mass is 904 g/mol. The Bertz CT molecular complexity index is 1290. The molecule has 20 nitrogen and oxygen atoms in total. The van der Waals surface area contributed by atoms with E-state index in [1.165, 1.54) is 45.4 Å². The summed E-state index contributed by atoms with van der Waals surface area (Å²) in [5, 5.41) is 40.3. The number of unbranched alkanes of at least 4 members (excludes halogenated alkanes) is 14. The molecule has 8 N–H and O–H groups in total. The zero-order chi connectivity index (χ0) is 46.8. The molecule has 0 aromatic heterocycles. The Kier molecular flexibility index (Phi) is 38.7. The molecule has 364 valence electrons. The number of nitrogens with one attached hydrogen (secondary N) is 5. The van der Waals surface area contributed by atoms with Crippen molar-refractivity contribution < 1.29 is 72.6 Å². The molecule has 63 heavy (non-hydrogen) atoms. The second kappa shape index (κ2) is 41.6. The second-order valence-corrected chi connectivity index (χ2v) is 15.3. The van der Waals surface area contributed by atoms with Crippen LogP contribution in [0, 0.1) is 0 Å². The van der Waals surface area contributed by atoms with Crippen LogP contribution in [0.1, 0.15) is 142 Å². The Balaban J connectivity index is 3.73. The topological polar surface area (TPSA) is 294 Å². The first-order valence-corrected chi connectivity index (χ1v) is 22.7. The third kappa shape index (κ3) is 41.4. The number of carboxylic acids is 3. The van der Waals surface area contributed by atoms with E-state index in [1.807, 2.05) is 0 Å². The van der Waals surface area contributed by atoms with Gasteiger partial charge in [-0.15, -0.1) is 0 Å². The number of rotatable bonds is 45. The molecule has 0 aliphatic rings. The lowest BCUT2D eigenvalue weighted by molar-refractivity contribution is -0.143. The summed E-state index contributed by atoms with van der Waals surface area (Å²) < 4.78 is 21.2. The lowest BCUT2D eigenvalue weighted by Gasteiger charge is -2.14. The van der Waals surface area contributed by atoms with E-state index in [9.17, 15) is 48.6 Å². The van der Waals surface area contributed by atoms with E-state index >= 15 is 0 Å². The molecule has 0 saturated carbocycles. The van der Waals surface area contributed by atoms with Crippen LogP contribution in [0.5, 0.6) is 0 Å². The fraction of sp³-hybridized carbons (Fsp3) is 0.814. The summed E-state index contributed by atoms with van der Waals surface area (Å²) in [5.74, 6) is -4.88. The van der Waals surface area contributed by atoms with Crippen LogP contribution in [-0.4, -0.2) is 147 Å². The minimum Gasteiger partial charge on any atom is -0.481 e. The van der Waals surface area contributed by atoms with Gasteiger partial charge in [-0.05, 0) is 38.5 Å². The molecule has 20 heteroatoms. The predicted octanol–water partition coefficient (Wildman–Crippen LogP) is 2.84. The molecule has 0 fully saturated rings. The van der Waals surface area contributed by atoms with Crippen molar-refractivity contribution in [3.05, 3.63) is 0 Å². The van der Waals surface area contributed by atoms with Crippen molar-refractivity contribution in [3.8, 4) is 0 Å². The van der Waals surface area contributed by atoms with Crippen LogP contribution in [0.2, 0.25) is 0 Å². The SMILES string of the molecule is CC(=O)NCCCC[C@H](NC(=O)COCCOCCNC(=O)COCCOCCNC(=O)CC[C@H](NC(=O)CCCCCCCCCCCCCCCCC(=O)O)C(=O)O)C(=O)O. The van der Waals surface area contributed by atoms with Crippen LogP contribution < -0.4 is 26.6 Å². The molecule has 0 aromatic rings. The highest BCUT2D eigenvalue weighted by Gasteiger charge is 2.21. The van der Waals surface area contributed by atoms with Crippen LogP contribution in [0.3, 0.4) is 0 Å². The van der Waals surface area contributed by atoms with Crippen LogP contribution in [0.15, 0.2) is 0 Å². The van der Waals surface area contributed by atoms with Crippen LogP contribution >= 0.6 is 0 Å². The van der Waals surface area contributed by atoms with Crippen molar-refractivity contribution in [2.24, 2.45) is 0 Å². The molecule has 0 aliphatic carbocycles. The van der Waals surface area contributed by atoms with Gasteiger partial charge in [0.1, 0.15) is 25.3 Å². The van der Waals surface area contributed by atoms with E-state index in [2.05, 4.69) is 26.6 Å². The molecule has 0 heterocycles. The van der Waals surface area contributed by atoms with Gasteiger partial charge in [0.05, 0.1) is 39.6 Å². The first-order valence-electron chi connectivity index (χ1n) is 22.7. The quantitative estimate of drug-likeness (QED) is 0.0408. The molecule has 2 atom stereocenters. The van der Waals surface area contributed by atoms with Crippen molar-refractivity contribution in [2.75, 3.05) is 72.5 Å². The van der Waals surface area contributed by atoms with Gasteiger partial charge in [0.2, 0.25) is 29.5 Å². The summed E-state index contributed by atoms with van der Waals surface area (Å²) in [4.78, 5) is 92.9. The van der Waals surface area contributed by atoms with Crippen molar-refractivity contribution in [1.82, 2.24) is 26.6 Å². The number of hydrogen-bond donors (Lipinski definition) is 8. The Labute approximate surface area is 372 Å². The highest BCUT2D eigenvalue weighted by molar-refractivity contribution is 5.85. The molecular formula is C43H77N5O15. The van der Waals surface area contributed by atoms with Gasteiger partial charge in [0, 0.05) is 45.8 Å². The number of hydrogen-bond acceptors (Lipinski definition) is 12. The Morgan fingerprint density at radius 3 is 1.32 bits per heavy atom. The van der Waals surface area contributed by atoms with E-state index in [0.29, 0.717) is 25.8 Å². The molecule has 0 bridgehead atoms. The van der Waals surface area contributed by atoms with Gasteiger partial charge >= 0.3 is 17.9 Å². The Hall–Kier alpha value is -4.40. The molecule has 0 unspecified atom stereocenters. The molecule has 0 aromatic carbocycles. The zero-order valence-corrected chi connectivity index (χ0v) is 37.5. The average molecular weight is 904 g/mol. The fourth-order valence-electron chi connectivity index (χ4n) is 6.15. The molecule has 0 aliphatic heterocycles. The van der Waals surface area contributed by atoms with Crippen LogP contribution in [0.4, 0.5) is 0 Å². The smallest absolute Gasteiger partial charge is 0.326 e. The van der Waals surface area contributed by atoms with E-state index < -0.39 is 35.9 Å². The minimum absolute atomic E-state index is 0.0409. The third-order valence-electron chi connectivity index (χ3n) is 9.61. The normalized spacial score (nSPS) is 11.9. The predicted molar refractivity (Wildman–Crippen MR) is 232 cm³/mol. The van der Waals surface area contributed by atoms with Crippen molar-refractivity contribution >= 4 is 47.4 Å². The number of carbonyl (C=O) groups is 8. The fourth-order valence-corrected chi connectivity index (χ4v) is 6.15. The summed E-state index contributed by atoms with van der Waals surface area (Å²) in [5.41, 5.74) is 0. The maximum atomic E-state index is 12.3. The summed E-state index contributed by atoms with van der Waals surface area (Å²) in [6, 6.07) is -2.21. The van der Waals surface area contributed by atoms with E-state index in [-0.39, 0.29) is 122 Å². The van der Waals surface area contributed by atoms with Crippen molar-refractivity contribution in [3.63, 3.8) is 0 Å². The first-order chi connectivity index (χ1) is 30.3. The molecule has 0 rings (SSSR count). The second-order valence-electron chi connectivity index (χ2n) is 15.3. The van der Waals surface area contributed by atoms with Crippen LogP contribution in [0.25, 0.3) is 0 Å². The summed E-state index contributed by atoms with van der Waals surface area (Å²) in [6.45, 7) is 2.61. The molecule has 0 spiro atoms. The van der Waals surface area contributed by atoms with Gasteiger partial charge in [0.15, 0.2) is 0 Å².